The Labute approximate surface area is 83.9 Å². The third-order valence-electron chi connectivity index (χ3n) is 2.30. The molecule has 0 aromatic heterocycles. The van der Waals surface area contributed by atoms with E-state index in [1.807, 2.05) is 0 Å². The van der Waals surface area contributed by atoms with Gasteiger partial charge in [-0.15, -0.1) is 0 Å². The van der Waals surface area contributed by atoms with Gasteiger partial charge < -0.3 is 0 Å². The third kappa shape index (κ3) is 1.84. The van der Waals surface area contributed by atoms with Gasteiger partial charge in [0, 0.05) is 0 Å². The van der Waals surface area contributed by atoms with Crippen LogP contribution >= 0.6 is 0 Å². The summed E-state index contributed by atoms with van der Waals surface area (Å²) in [6.07, 6.45) is 3.45. The first-order valence-corrected chi connectivity index (χ1v) is 5.22. The molecule has 0 aromatic rings. The van der Waals surface area contributed by atoms with Crippen molar-refractivity contribution in [2.45, 2.75) is 34.1 Å². The van der Waals surface area contributed by atoms with E-state index in [2.05, 4.69) is 49.8 Å². The molecule has 0 bridgehead atoms. The van der Waals surface area contributed by atoms with Gasteiger partial charge in [0.1, 0.15) is 0 Å². The molecular formula is C11H17Mn. The molecule has 0 saturated heterocycles. The molecule has 0 aromatic carbocycles. The predicted molar refractivity (Wildman–Crippen MR) is 49.4 cm³/mol. The summed E-state index contributed by atoms with van der Waals surface area (Å²) in [6.45, 7) is 9.05. The second-order valence-electron chi connectivity index (χ2n) is 3.99. The number of hydrogen-bond acceptors (Lipinski definition) is 0. The fourth-order valence-corrected chi connectivity index (χ4v) is 2.40. The van der Waals surface area contributed by atoms with Gasteiger partial charge in [0.05, 0.1) is 0 Å². The van der Waals surface area contributed by atoms with E-state index >= 15 is 0 Å². The average molecular weight is 204 g/mol. The fraction of sp³-hybridized carbons (Fsp3) is 0.636. The van der Waals surface area contributed by atoms with E-state index in [0.717, 1.165) is 6.42 Å². The van der Waals surface area contributed by atoms with Gasteiger partial charge in [-0.1, -0.05) is 0 Å². The van der Waals surface area contributed by atoms with Crippen LogP contribution in [0.25, 0.3) is 0 Å². The standard InChI is InChI=1S/C11H17.Mn/c1-8(2)10-6-5-7-11(10)9(3)4;/h6,8-9H,5H2,1-4H3;. The molecule has 1 heteroatoms. The zero-order valence-electron chi connectivity index (χ0n) is 8.32. The van der Waals surface area contributed by atoms with Crippen molar-refractivity contribution in [3.05, 3.63) is 21.7 Å². The summed E-state index contributed by atoms with van der Waals surface area (Å²) in [4.78, 5) is 0. The Morgan fingerprint density at radius 1 is 1.17 bits per heavy atom. The molecule has 0 radical (unpaired) electrons. The molecule has 1 aliphatic rings. The average Bonchev–Trinajstić information content (AvgIpc) is 2.30. The van der Waals surface area contributed by atoms with E-state index in [0.29, 0.717) is 11.8 Å². The van der Waals surface area contributed by atoms with Crippen molar-refractivity contribution in [3.63, 3.8) is 0 Å². The molecule has 0 aliphatic heterocycles. The Hall–Kier alpha value is -0.000519. The first kappa shape index (κ1) is 10.1. The van der Waals surface area contributed by atoms with Crippen molar-refractivity contribution < 1.29 is 16.0 Å². The predicted octanol–water partition coefficient (Wildman–Crippen LogP) is 3.43. The quantitative estimate of drug-likeness (QED) is 0.604. The van der Waals surface area contributed by atoms with Gasteiger partial charge in [-0.05, 0) is 0 Å². The van der Waals surface area contributed by atoms with E-state index in [-0.39, 0.29) is 0 Å². The summed E-state index contributed by atoms with van der Waals surface area (Å²) < 4.78 is 1.39. The topological polar surface area (TPSA) is 0 Å². The molecule has 0 atom stereocenters. The van der Waals surface area contributed by atoms with E-state index in [1.165, 1.54) is 15.6 Å². The van der Waals surface area contributed by atoms with Crippen LogP contribution in [-0.2, 0) is 16.0 Å². The second kappa shape index (κ2) is 3.81. The van der Waals surface area contributed by atoms with E-state index in [1.54, 1.807) is 0 Å². The monoisotopic (exact) mass is 204 g/mol. The van der Waals surface area contributed by atoms with E-state index < -0.39 is 0 Å². The molecule has 0 fully saturated rings. The normalized spacial score (nSPS) is 18.1. The first-order valence-electron chi connectivity index (χ1n) is 4.63. The van der Waals surface area contributed by atoms with Crippen molar-refractivity contribution in [1.29, 1.82) is 0 Å². The molecule has 0 N–H and O–H groups in total. The minimum atomic E-state index is 0.649. The van der Waals surface area contributed by atoms with Crippen LogP contribution in [0, 0.1) is 11.8 Å². The summed E-state index contributed by atoms with van der Waals surface area (Å²) in [6, 6.07) is 0. The summed E-state index contributed by atoms with van der Waals surface area (Å²) in [7, 11) is 0. The van der Waals surface area contributed by atoms with Gasteiger partial charge in [-0.3, -0.25) is 0 Å². The fourth-order valence-electron chi connectivity index (χ4n) is 1.77. The second-order valence-corrected chi connectivity index (χ2v) is 4.70. The number of allylic oxidation sites excluding steroid dienone is 4. The van der Waals surface area contributed by atoms with Crippen molar-refractivity contribution in [3.8, 4) is 0 Å². The molecule has 1 aliphatic carbocycles. The number of hydrogen-bond donors (Lipinski definition) is 0. The summed E-state index contributed by atoms with van der Waals surface area (Å²) >= 11 is 3.64. The minimum absolute atomic E-state index is 0.649. The summed E-state index contributed by atoms with van der Waals surface area (Å²) in [5.41, 5.74) is 3.07. The molecule has 0 saturated carbocycles. The van der Waals surface area contributed by atoms with Crippen molar-refractivity contribution in [2.24, 2.45) is 11.8 Å². The zero-order chi connectivity index (χ0) is 9.30. The Kier molecular flexibility index (Phi) is 3.20. The third-order valence-corrected chi connectivity index (χ3v) is 2.86. The molecule has 0 amide bonds. The molecular weight excluding hydrogens is 187 g/mol. The Bertz CT molecular complexity index is 231. The first-order chi connectivity index (χ1) is 5.54. The molecule has 0 spiro atoms. The van der Waals surface area contributed by atoms with Crippen LogP contribution < -0.4 is 0 Å². The van der Waals surface area contributed by atoms with Gasteiger partial charge in [-0.25, -0.2) is 0 Å². The van der Waals surface area contributed by atoms with Gasteiger partial charge in [0.25, 0.3) is 0 Å². The SMILES string of the molecule is CC(C)C1=CC[C]([Mn])=C1C(C)C. The van der Waals surface area contributed by atoms with Crippen molar-refractivity contribution in [1.82, 2.24) is 0 Å². The molecule has 12 heavy (non-hydrogen) atoms. The van der Waals surface area contributed by atoms with Crippen molar-refractivity contribution >= 4 is 0 Å². The summed E-state index contributed by atoms with van der Waals surface area (Å²) in [5.74, 6) is 1.31. The van der Waals surface area contributed by atoms with E-state index in [9.17, 15) is 0 Å². The van der Waals surface area contributed by atoms with Crippen LogP contribution in [0.15, 0.2) is 21.7 Å². The Morgan fingerprint density at radius 2 is 1.75 bits per heavy atom. The van der Waals surface area contributed by atoms with Gasteiger partial charge in [0.15, 0.2) is 0 Å². The zero-order valence-corrected chi connectivity index (χ0v) is 9.50. The van der Waals surface area contributed by atoms with Gasteiger partial charge in [-0.2, -0.15) is 0 Å². The van der Waals surface area contributed by atoms with Crippen LogP contribution in [0.3, 0.4) is 0 Å². The Balaban J connectivity index is 2.93. The van der Waals surface area contributed by atoms with Crippen LogP contribution in [0.1, 0.15) is 34.1 Å². The molecule has 0 heterocycles. The summed E-state index contributed by atoms with van der Waals surface area (Å²) in [5, 5.41) is 0. The van der Waals surface area contributed by atoms with Crippen molar-refractivity contribution in [2.75, 3.05) is 0 Å². The van der Waals surface area contributed by atoms with Crippen LogP contribution in [0.5, 0.6) is 0 Å². The Morgan fingerprint density at radius 3 is 2.08 bits per heavy atom. The van der Waals surface area contributed by atoms with Gasteiger partial charge in [0.2, 0.25) is 0 Å². The molecule has 68 valence electrons. The van der Waals surface area contributed by atoms with Crippen LogP contribution in [0.4, 0.5) is 0 Å². The molecule has 1 rings (SSSR count). The van der Waals surface area contributed by atoms with Crippen LogP contribution in [0.2, 0.25) is 0 Å². The molecule has 0 unspecified atom stereocenters. The van der Waals surface area contributed by atoms with Gasteiger partial charge >= 0.3 is 83.7 Å². The number of rotatable bonds is 2. The van der Waals surface area contributed by atoms with Crippen LogP contribution in [-0.4, -0.2) is 0 Å². The maximum atomic E-state index is 3.64. The van der Waals surface area contributed by atoms with E-state index in [4.69, 9.17) is 0 Å². The molecule has 0 nitrogen and oxygen atoms in total. The maximum absolute atomic E-state index is 3.64.